The second-order valence-corrected chi connectivity index (χ2v) is 4.43. The minimum absolute atomic E-state index is 0.302. The summed E-state index contributed by atoms with van der Waals surface area (Å²) in [6, 6.07) is 4.20. The van der Waals surface area contributed by atoms with Crippen LogP contribution in [0.25, 0.3) is 11.0 Å². The molecular formula is C11H11N3S. The van der Waals surface area contributed by atoms with Crippen LogP contribution in [0.4, 0.5) is 5.69 Å². The number of thiocarbonyl (C=S) groups is 1. The van der Waals surface area contributed by atoms with Crippen molar-refractivity contribution in [2.24, 2.45) is 0 Å². The van der Waals surface area contributed by atoms with E-state index >= 15 is 0 Å². The topological polar surface area (TPSA) is 40.7 Å². The van der Waals surface area contributed by atoms with Gasteiger partial charge in [-0.1, -0.05) is 19.1 Å². The number of imidazole rings is 1. The molecule has 4 heteroatoms. The van der Waals surface area contributed by atoms with Gasteiger partial charge in [-0.15, -0.1) is 0 Å². The number of aromatic nitrogens is 2. The number of aromatic amines is 1. The minimum atomic E-state index is 0.302. The van der Waals surface area contributed by atoms with Crippen LogP contribution in [0.3, 0.4) is 0 Å². The van der Waals surface area contributed by atoms with Gasteiger partial charge in [0.15, 0.2) is 0 Å². The van der Waals surface area contributed by atoms with Crippen LogP contribution in [0, 0.1) is 6.92 Å². The van der Waals surface area contributed by atoms with Crippen LogP contribution in [0.1, 0.15) is 24.2 Å². The van der Waals surface area contributed by atoms with Crippen LogP contribution in [0.15, 0.2) is 12.1 Å². The molecule has 1 aromatic heterocycles. The smallest absolute Gasteiger partial charge is 0.104 e. The number of H-pyrrole nitrogens is 1. The van der Waals surface area contributed by atoms with E-state index in [0.29, 0.717) is 5.92 Å². The van der Waals surface area contributed by atoms with Crippen molar-refractivity contribution in [1.82, 2.24) is 9.97 Å². The lowest BCUT2D eigenvalue weighted by Crippen LogP contribution is -2.05. The third-order valence-corrected chi connectivity index (χ3v) is 3.34. The van der Waals surface area contributed by atoms with E-state index in [0.717, 1.165) is 27.5 Å². The third-order valence-electron chi connectivity index (χ3n) is 2.89. The highest BCUT2D eigenvalue weighted by Gasteiger charge is 2.24. The molecule has 1 unspecified atom stereocenters. The van der Waals surface area contributed by atoms with Gasteiger partial charge >= 0.3 is 0 Å². The first-order chi connectivity index (χ1) is 7.15. The first kappa shape index (κ1) is 8.85. The molecule has 0 fully saturated rings. The molecule has 0 amide bonds. The molecule has 0 spiro atoms. The summed E-state index contributed by atoms with van der Waals surface area (Å²) in [7, 11) is 0. The molecule has 3 rings (SSSR count). The first-order valence-corrected chi connectivity index (χ1v) is 5.37. The summed E-state index contributed by atoms with van der Waals surface area (Å²) in [4.78, 5) is 8.54. The molecule has 15 heavy (non-hydrogen) atoms. The maximum atomic E-state index is 5.24. The Labute approximate surface area is 92.9 Å². The van der Waals surface area contributed by atoms with Crippen LogP contribution in [-0.2, 0) is 0 Å². The summed E-state index contributed by atoms with van der Waals surface area (Å²) in [5, 5.41) is 3.23. The van der Waals surface area contributed by atoms with Crippen molar-refractivity contribution < 1.29 is 0 Å². The van der Waals surface area contributed by atoms with E-state index in [1.807, 2.05) is 6.92 Å². The number of anilines is 1. The molecule has 1 aliphatic rings. The lowest BCUT2D eigenvalue weighted by Gasteiger charge is -2.00. The molecule has 1 atom stereocenters. The average molecular weight is 217 g/mol. The van der Waals surface area contributed by atoms with E-state index in [-0.39, 0.29) is 0 Å². The second kappa shape index (κ2) is 2.79. The zero-order valence-electron chi connectivity index (χ0n) is 8.59. The monoisotopic (exact) mass is 217 g/mol. The Bertz CT molecular complexity index is 570. The highest BCUT2D eigenvalue weighted by atomic mass is 32.1. The second-order valence-electron chi connectivity index (χ2n) is 3.99. The van der Waals surface area contributed by atoms with Crippen molar-refractivity contribution in [2.45, 2.75) is 19.8 Å². The maximum Gasteiger partial charge on any atom is 0.104 e. The van der Waals surface area contributed by atoms with Gasteiger partial charge in [-0.2, -0.15) is 0 Å². The molecule has 1 aromatic carbocycles. The van der Waals surface area contributed by atoms with Gasteiger partial charge in [0.1, 0.15) is 5.82 Å². The molecule has 2 heterocycles. The van der Waals surface area contributed by atoms with Crippen LogP contribution >= 0.6 is 12.2 Å². The van der Waals surface area contributed by atoms with Crippen molar-refractivity contribution >= 4 is 33.9 Å². The number of nitrogens with zero attached hydrogens (tertiary/aromatic N) is 1. The van der Waals surface area contributed by atoms with Gasteiger partial charge in [0.05, 0.1) is 16.0 Å². The van der Waals surface area contributed by atoms with E-state index in [1.54, 1.807) is 0 Å². The molecule has 0 radical (unpaired) electrons. The summed E-state index contributed by atoms with van der Waals surface area (Å²) in [6.45, 7) is 4.08. The summed E-state index contributed by atoms with van der Waals surface area (Å²) < 4.78 is 0. The Kier molecular flexibility index (Phi) is 1.65. The van der Waals surface area contributed by atoms with Gasteiger partial charge in [-0.05, 0) is 24.6 Å². The van der Waals surface area contributed by atoms with Crippen LogP contribution in [-0.4, -0.2) is 15.0 Å². The third kappa shape index (κ3) is 1.18. The minimum Gasteiger partial charge on any atom is -0.349 e. The quantitative estimate of drug-likeness (QED) is 0.667. The maximum absolute atomic E-state index is 5.24. The van der Waals surface area contributed by atoms with Crippen molar-refractivity contribution in [3.05, 3.63) is 23.5 Å². The van der Waals surface area contributed by atoms with E-state index in [2.05, 4.69) is 34.3 Å². The summed E-state index contributed by atoms with van der Waals surface area (Å²) in [5.74, 6) is 1.25. The summed E-state index contributed by atoms with van der Waals surface area (Å²) >= 11 is 5.24. The number of rotatable bonds is 0. The van der Waals surface area contributed by atoms with Gasteiger partial charge in [-0.25, -0.2) is 4.98 Å². The first-order valence-electron chi connectivity index (χ1n) is 4.96. The highest BCUT2D eigenvalue weighted by Crippen LogP contribution is 2.35. The number of nitrogens with one attached hydrogen (secondary N) is 2. The normalized spacial score (nSPS) is 19.3. The number of benzene rings is 1. The van der Waals surface area contributed by atoms with E-state index in [4.69, 9.17) is 12.2 Å². The molecule has 0 bridgehead atoms. The highest BCUT2D eigenvalue weighted by molar-refractivity contribution is 7.80. The molecule has 2 N–H and O–H groups in total. The fourth-order valence-corrected chi connectivity index (χ4v) is 2.29. The molecule has 0 saturated heterocycles. The van der Waals surface area contributed by atoms with Crippen molar-refractivity contribution in [2.75, 3.05) is 5.32 Å². The molecular weight excluding hydrogens is 206 g/mol. The number of hydrogen-bond donors (Lipinski definition) is 2. The Morgan fingerprint density at radius 1 is 1.40 bits per heavy atom. The fourth-order valence-electron chi connectivity index (χ4n) is 2.05. The predicted octanol–water partition coefficient (Wildman–Crippen LogP) is 2.73. The lowest BCUT2D eigenvalue weighted by atomic mass is 10.0. The number of aryl methyl sites for hydroxylation is 1. The zero-order valence-corrected chi connectivity index (χ0v) is 9.40. The molecule has 0 aliphatic carbocycles. The number of hydrogen-bond acceptors (Lipinski definition) is 2. The van der Waals surface area contributed by atoms with E-state index in [9.17, 15) is 0 Å². The summed E-state index contributed by atoms with van der Waals surface area (Å²) in [6.07, 6.45) is 0. The van der Waals surface area contributed by atoms with Crippen molar-refractivity contribution in [1.29, 1.82) is 0 Å². The molecule has 1 aliphatic heterocycles. The predicted molar refractivity (Wildman–Crippen MR) is 65.5 cm³/mol. The standard InChI is InChI=1S/C11H11N3S/c1-5-7-3-9-10(13-6(2)12-9)4-8(7)14-11(5)15/h3-5H,1-2H3,(H,12,13)(H,14,15). The molecule has 76 valence electrons. The summed E-state index contributed by atoms with van der Waals surface area (Å²) in [5.41, 5.74) is 4.45. The Hall–Kier alpha value is -1.42. The van der Waals surface area contributed by atoms with Crippen LogP contribution in [0.5, 0.6) is 0 Å². The zero-order chi connectivity index (χ0) is 10.6. The number of fused-ring (bicyclic) bond motifs is 2. The Morgan fingerprint density at radius 3 is 3.00 bits per heavy atom. The molecule has 0 saturated carbocycles. The van der Waals surface area contributed by atoms with Crippen molar-refractivity contribution in [3.63, 3.8) is 0 Å². The Morgan fingerprint density at radius 2 is 2.20 bits per heavy atom. The fraction of sp³-hybridized carbons (Fsp3) is 0.273. The van der Waals surface area contributed by atoms with Crippen LogP contribution < -0.4 is 5.32 Å². The lowest BCUT2D eigenvalue weighted by molar-refractivity contribution is 1.07. The van der Waals surface area contributed by atoms with Crippen LogP contribution in [0.2, 0.25) is 0 Å². The van der Waals surface area contributed by atoms with E-state index < -0.39 is 0 Å². The van der Waals surface area contributed by atoms with Gasteiger partial charge < -0.3 is 10.3 Å². The Balaban J connectivity index is 2.30. The van der Waals surface area contributed by atoms with Gasteiger partial charge in [0, 0.05) is 11.6 Å². The van der Waals surface area contributed by atoms with Gasteiger partial charge in [0.2, 0.25) is 0 Å². The van der Waals surface area contributed by atoms with Gasteiger partial charge in [-0.3, -0.25) is 0 Å². The van der Waals surface area contributed by atoms with Gasteiger partial charge in [0.25, 0.3) is 0 Å². The largest absolute Gasteiger partial charge is 0.349 e. The van der Waals surface area contributed by atoms with E-state index in [1.165, 1.54) is 5.56 Å². The molecule has 2 aromatic rings. The van der Waals surface area contributed by atoms with Crippen molar-refractivity contribution in [3.8, 4) is 0 Å². The molecule has 3 nitrogen and oxygen atoms in total. The average Bonchev–Trinajstić information content (AvgIpc) is 2.65. The SMILES string of the molecule is Cc1nc2cc3c(cc2[nH]1)NC(=S)C3C.